The summed E-state index contributed by atoms with van der Waals surface area (Å²) in [7, 11) is 1.28. The van der Waals surface area contributed by atoms with E-state index in [1.54, 1.807) is 28.8 Å². The predicted molar refractivity (Wildman–Crippen MR) is 139 cm³/mol. The minimum absolute atomic E-state index is 0.133. The first-order valence-electron chi connectivity index (χ1n) is 10.5. The van der Waals surface area contributed by atoms with E-state index in [4.69, 9.17) is 16.9 Å². The van der Waals surface area contributed by atoms with Crippen molar-refractivity contribution in [2.45, 2.75) is 18.8 Å². The zero-order chi connectivity index (χ0) is 25.4. The van der Waals surface area contributed by atoms with Crippen molar-refractivity contribution < 1.29 is 13.2 Å². The van der Waals surface area contributed by atoms with Crippen LogP contribution in [0.3, 0.4) is 0 Å². The molecule has 0 aliphatic carbocycles. The van der Waals surface area contributed by atoms with E-state index in [1.165, 1.54) is 24.8 Å². The van der Waals surface area contributed by atoms with Crippen LogP contribution < -0.4 is 10.6 Å². The van der Waals surface area contributed by atoms with Gasteiger partial charge < -0.3 is 15.2 Å². The fourth-order valence-corrected chi connectivity index (χ4v) is 3.90. The number of nitrogens with zero attached hydrogens (tertiary/aromatic N) is 2. The molecule has 180 valence electrons. The largest absolute Gasteiger partial charge is 0.407 e. The summed E-state index contributed by atoms with van der Waals surface area (Å²) in [6.07, 6.45) is -2.93. The Morgan fingerprint density at radius 1 is 1.09 bits per heavy atom. The second-order valence-corrected chi connectivity index (χ2v) is 8.25. The highest BCUT2D eigenvalue weighted by Crippen LogP contribution is 2.37. The number of hydrogen-bond donors (Lipinski definition) is 2. The molecule has 0 radical (unpaired) electrons. The minimum atomic E-state index is -4.43. The van der Waals surface area contributed by atoms with Crippen molar-refractivity contribution in [3.05, 3.63) is 101 Å². The number of alkyl halides is 3. The average Bonchev–Trinajstić information content (AvgIpc) is 3.18. The van der Waals surface area contributed by atoms with Crippen molar-refractivity contribution in [2.24, 2.45) is 0 Å². The molecule has 0 saturated heterocycles. The smallest absolute Gasteiger partial charge is 0.353 e. The molecule has 0 saturated carbocycles. The monoisotopic (exact) mass is 514 g/mol. The number of hydrogen-bond acceptors (Lipinski definition) is 3. The summed E-state index contributed by atoms with van der Waals surface area (Å²) in [4.78, 5) is 0. The molecular formula is C26H22ClF3N4S. The van der Waals surface area contributed by atoms with Crippen LogP contribution in [-0.2, 0) is 6.54 Å². The quantitative estimate of drug-likeness (QED) is 0.270. The number of nitrogens with one attached hydrogen (secondary N) is 2. The van der Waals surface area contributed by atoms with Crippen LogP contribution in [0.2, 0.25) is 5.02 Å². The van der Waals surface area contributed by atoms with Gasteiger partial charge in [-0.15, -0.1) is 0 Å². The molecule has 2 N–H and O–H groups in total. The third-order valence-electron chi connectivity index (χ3n) is 5.23. The van der Waals surface area contributed by atoms with Crippen LogP contribution in [0.25, 0.3) is 10.9 Å². The Hall–Kier alpha value is -3.38. The molecule has 0 spiro atoms. The number of nitriles is 1. The molecule has 3 aromatic carbocycles. The zero-order valence-corrected chi connectivity index (χ0v) is 20.3. The van der Waals surface area contributed by atoms with Gasteiger partial charge in [0.15, 0.2) is 0 Å². The van der Waals surface area contributed by atoms with Crippen molar-refractivity contribution in [2.75, 3.05) is 12.4 Å². The molecule has 1 heterocycles. The van der Waals surface area contributed by atoms with Gasteiger partial charge in [-0.05, 0) is 49.0 Å². The van der Waals surface area contributed by atoms with Gasteiger partial charge >= 0.3 is 6.18 Å². The highest BCUT2D eigenvalue weighted by Gasteiger charge is 2.41. The number of aromatic nitrogens is 1. The Labute approximate surface area is 211 Å². The number of thiocarbonyl (C=S) groups is 1. The maximum atomic E-state index is 13.4. The first-order valence-corrected chi connectivity index (χ1v) is 11.4. The standard InChI is InChI=1S/C19H15ClF3N3.C7H7NS/c1-25-18(19(21,22)23)16-11-26(10-12-2-5-14(20)6-3-12)17-8-13(9-24)4-7-15(16)17;9-6-8-7-4-2-1-3-5-7/h2-8,11,18,25H,10H2,1H3;1-6H,(H,8,9). The molecule has 4 aromatic rings. The first-order chi connectivity index (χ1) is 16.8. The Morgan fingerprint density at radius 3 is 2.34 bits per heavy atom. The molecule has 4 nitrogen and oxygen atoms in total. The highest BCUT2D eigenvalue weighted by molar-refractivity contribution is 7.79. The Bertz CT molecular complexity index is 1310. The van der Waals surface area contributed by atoms with Gasteiger partial charge in [-0.1, -0.05) is 60.2 Å². The lowest BCUT2D eigenvalue weighted by molar-refractivity contribution is -0.156. The van der Waals surface area contributed by atoms with Gasteiger partial charge in [0.25, 0.3) is 0 Å². The van der Waals surface area contributed by atoms with Gasteiger partial charge in [0.05, 0.1) is 17.1 Å². The van der Waals surface area contributed by atoms with Gasteiger partial charge in [0.2, 0.25) is 0 Å². The number of para-hydroxylation sites is 1. The van der Waals surface area contributed by atoms with Crippen molar-refractivity contribution in [3.63, 3.8) is 0 Å². The molecule has 1 atom stereocenters. The SMILES string of the molecule is CNC(c1cn(Cc2ccc(Cl)cc2)c2cc(C#N)ccc12)C(F)(F)F.S=CNc1ccccc1. The molecule has 1 unspecified atom stereocenters. The third kappa shape index (κ3) is 6.83. The molecule has 0 aliphatic heterocycles. The fourth-order valence-electron chi connectivity index (χ4n) is 3.64. The van der Waals surface area contributed by atoms with Crippen LogP contribution >= 0.6 is 23.8 Å². The number of fused-ring (bicyclic) bond motifs is 1. The summed E-state index contributed by atoms with van der Waals surface area (Å²) in [5, 5.41) is 15.4. The van der Waals surface area contributed by atoms with E-state index in [2.05, 4.69) is 22.9 Å². The van der Waals surface area contributed by atoms with E-state index in [9.17, 15) is 13.2 Å². The van der Waals surface area contributed by atoms with E-state index >= 15 is 0 Å². The van der Waals surface area contributed by atoms with E-state index in [0.29, 0.717) is 28.0 Å². The molecule has 4 rings (SSSR count). The molecule has 0 amide bonds. The predicted octanol–water partition coefficient (Wildman–Crippen LogP) is 7.09. The Kier molecular flexibility index (Phi) is 8.88. The average molecular weight is 515 g/mol. The van der Waals surface area contributed by atoms with Gasteiger partial charge in [-0.2, -0.15) is 18.4 Å². The van der Waals surface area contributed by atoms with Crippen LogP contribution in [0.4, 0.5) is 18.9 Å². The highest BCUT2D eigenvalue weighted by atomic mass is 35.5. The van der Waals surface area contributed by atoms with Crippen LogP contribution in [0, 0.1) is 11.3 Å². The maximum Gasteiger partial charge on any atom is 0.407 e. The minimum Gasteiger partial charge on any atom is -0.353 e. The lowest BCUT2D eigenvalue weighted by Gasteiger charge is -2.19. The normalized spacial score (nSPS) is 11.8. The molecule has 0 fully saturated rings. The van der Waals surface area contributed by atoms with Crippen molar-refractivity contribution in [3.8, 4) is 6.07 Å². The number of benzene rings is 3. The first kappa shape index (κ1) is 26.2. The van der Waals surface area contributed by atoms with E-state index < -0.39 is 12.2 Å². The van der Waals surface area contributed by atoms with E-state index in [0.717, 1.165) is 11.3 Å². The summed E-state index contributed by atoms with van der Waals surface area (Å²) < 4.78 is 42.0. The van der Waals surface area contributed by atoms with Gasteiger partial charge in [-0.25, -0.2) is 0 Å². The summed E-state index contributed by atoms with van der Waals surface area (Å²) in [6.45, 7) is 0.372. The second-order valence-electron chi connectivity index (χ2n) is 7.57. The number of halogens is 4. The number of rotatable bonds is 6. The molecule has 0 aliphatic rings. The molecule has 9 heteroatoms. The summed E-state index contributed by atoms with van der Waals surface area (Å²) in [5.74, 6) is 0. The Balaban J connectivity index is 0.000000320. The molecule has 35 heavy (non-hydrogen) atoms. The van der Waals surface area contributed by atoms with E-state index in [-0.39, 0.29) is 5.56 Å². The Morgan fingerprint density at radius 2 is 1.77 bits per heavy atom. The molecule has 0 bridgehead atoms. The summed E-state index contributed by atoms with van der Waals surface area (Å²) >= 11 is 10.5. The van der Waals surface area contributed by atoms with Crippen LogP contribution in [0.1, 0.15) is 22.7 Å². The lowest BCUT2D eigenvalue weighted by atomic mass is 10.0. The summed E-state index contributed by atoms with van der Waals surface area (Å²) in [5.41, 5.74) is 4.54. The van der Waals surface area contributed by atoms with Gasteiger partial charge in [0.1, 0.15) is 6.04 Å². The van der Waals surface area contributed by atoms with Crippen LogP contribution in [0.15, 0.2) is 79.0 Å². The second kappa shape index (κ2) is 11.8. The van der Waals surface area contributed by atoms with Gasteiger partial charge in [0, 0.05) is 39.9 Å². The molecular weight excluding hydrogens is 493 g/mol. The lowest BCUT2D eigenvalue weighted by Crippen LogP contribution is -2.31. The topological polar surface area (TPSA) is 52.8 Å². The van der Waals surface area contributed by atoms with Crippen molar-refractivity contribution >= 4 is 45.9 Å². The number of anilines is 1. The van der Waals surface area contributed by atoms with Crippen molar-refractivity contribution in [1.82, 2.24) is 9.88 Å². The molecule has 1 aromatic heterocycles. The fraction of sp³-hybridized carbons (Fsp3) is 0.154. The summed E-state index contributed by atoms with van der Waals surface area (Å²) in [6, 6.07) is 21.9. The van der Waals surface area contributed by atoms with Crippen LogP contribution in [-0.4, -0.2) is 23.3 Å². The van der Waals surface area contributed by atoms with Gasteiger partial charge in [-0.3, -0.25) is 0 Å². The van der Waals surface area contributed by atoms with Crippen LogP contribution in [0.5, 0.6) is 0 Å². The van der Waals surface area contributed by atoms with E-state index in [1.807, 2.05) is 48.5 Å². The van der Waals surface area contributed by atoms with Crippen molar-refractivity contribution in [1.29, 1.82) is 5.26 Å². The maximum absolute atomic E-state index is 13.4. The zero-order valence-electron chi connectivity index (χ0n) is 18.7. The third-order valence-corrected chi connectivity index (χ3v) is 5.60.